The maximum atomic E-state index is 11.6. The van der Waals surface area contributed by atoms with Gasteiger partial charge >= 0.3 is 0 Å². The molecule has 0 saturated carbocycles. The van der Waals surface area contributed by atoms with E-state index in [2.05, 4.69) is 19.2 Å². The maximum absolute atomic E-state index is 11.6. The van der Waals surface area contributed by atoms with Crippen LogP contribution in [0.1, 0.15) is 25.0 Å². The monoisotopic (exact) mass is 261 g/mol. The summed E-state index contributed by atoms with van der Waals surface area (Å²) < 4.78 is 10.7. The lowest BCUT2D eigenvalue weighted by molar-refractivity contribution is -0.116. The van der Waals surface area contributed by atoms with Crippen LogP contribution in [0.5, 0.6) is 11.5 Å². The lowest BCUT2D eigenvalue weighted by atomic mass is 10.1. The van der Waals surface area contributed by atoms with Gasteiger partial charge in [-0.05, 0) is 42.2 Å². The minimum Gasteiger partial charge on any atom is -0.454 e. The number of rotatable bonds is 4. The Morgan fingerprint density at radius 2 is 2.21 bits per heavy atom. The first-order valence-corrected chi connectivity index (χ1v) is 6.42. The van der Waals surface area contributed by atoms with Gasteiger partial charge < -0.3 is 14.8 Å². The number of carbonyl (C=O) groups excluding carboxylic acids is 1. The van der Waals surface area contributed by atoms with Crippen LogP contribution in [0.4, 0.5) is 0 Å². The number of carbonyl (C=O) groups is 1. The van der Waals surface area contributed by atoms with Crippen LogP contribution in [0.25, 0.3) is 6.08 Å². The second kappa shape index (κ2) is 5.78. The summed E-state index contributed by atoms with van der Waals surface area (Å²) in [5.41, 5.74) is 1.94. The van der Waals surface area contributed by atoms with E-state index in [4.69, 9.17) is 9.47 Å². The van der Waals surface area contributed by atoms with Crippen LogP contribution >= 0.6 is 0 Å². The van der Waals surface area contributed by atoms with Crippen molar-refractivity contribution in [1.82, 2.24) is 5.32 Å². The Kier molecular flexibility index (Phi) is 4.10. The number of hydrogen-bond donors (Lipinski definition) is 1. The van der Waals surface area contributed by atoms with Gasteiger partial charge in [-0.25, -0.2) is 0 Å². The minimum atomic E-state index is -0.0796. The van der Waals surface area contributed by atoms with Crippen molar-refractivity contribution in [2.45, 2.75) is 20.8 Å². The topological polar surface area (TPSA) is 47.6 Å². The number of aryl methyl sites for hydroxylation is 1. The van der Waals surface area contributed by atoms with Crippen LogP contribution in [0.2, 0.25) is 0 Å². The molecule has 0 bridgehead atoms. The fourth-order valence-electron chi connectivity index (χ4n) is 1.84. The van der Waals surface area contributed by atoms with Gasteiger partial charge in [0.05, 0.1) is 0 Å². The lowest BCUT2D eigenvalue weighted by Crippen LogP contribution is -2.25. The molecule has 0 unspecified atom stereocenters. The van der Waals surface area contributed by atoms with Crippen LogP contribution in [-0.2, 0) is 4.79 Å². The number of amides is 1. The number of fused-ring (bicyclic) bond motifs is 1. The summed E-state index contributed by atoms with van der Waals surface area (Å²) in [6, 6.07) is 3.85. The molecule has 1 aliphatic rings. The Morgan fingerprint density at radius 1 is 1.42 bits per heavy atom. The third-order valence-corrected chi connectivity index (χ3v) is 2.79. The van der Waals surface area contributed by atoms with Crippen LogP contribution in [0.3, 0.4) is 0 Å². The zero-order valence-electron chi connectivity index (χ0n) is 11.5. The summed E-state index contributed by atoms with van der Waals surface area (Å²) >= 11 is 0. The molecule has 19 heavy (non-hydrogen) atoms. The van der Waals surface area contributed by atoms with Crippen molar-refractivity contribution in [1.29, 1.82) is 0 Å². The Balaban J connectivity index is 2.03. The van der Waals surface area contributed by atoms with Gasteiger partial charge in [-0.15, -0.1) is 0 Å². The molecule has 4 nitrogen and oxygen atoms in total. The summed E-state index contributed by atoms with van der Waals surface area (Å²) in [4.78, 5) is 11.6. The lowest BCUT2D eigenvalue weighted by Gasteiger charge is -2.05. The molecule has 1 aromatic rings. The molecule has 0 fully saturated rings. The van der Waals surface area contributed by atoms with Crippen molar-refractivity contribution in [3.8, 4) is 11.5 Å². The van der Waals surface area contributed by atoms with Gasteiger partial charge in [0.15, 0.2) is 11.5 Å². The average molecular weight is 261 g/mol. The molecule has 1 aliphatic heterocycles. The van der Waals surface area contributed by atoms with E-state index in [1.165, 1.54) is 0 Å². The molecule has 0 aromatic heterocycles. The predicted octanol–water partition coefficient (Wildman–Crippen LogP) is 2.51. The van der Waals surface area contributed by atoms with Crippen LogP contribution in [-0.4, -0.2) is 19.2 Å². The molecular formula is C15H19NO3. The van der Waals surface area contributed by atoms with E-state index in [-0.39, 0.29) is 12.7 Å². The summed E-state index contributed by atoms with van der Waals surface area (Å²) in [6.45, 7) is 7.03. The number of benzene rings is 1. The third kappa shape index (κ3) is 3.50. The van der Waals surface area contributed by atoms with Gasteiger partial charge in [0.1, 0.15) is 0 Å². The SMILES string of the molecule is Cc1cc(/C=C/C(=O)NCC(C)C)cc2c1OCO2. The van der Waals surface area contributed by atoms with Crippen molar-refractivity contribution in [2.24, 2.45) is 5.92 Å². The molecule has 0 radical (unpaired) electrons. The first kappa shape index (κ1) is 13.5. The van der Waals surface area contributed by atoms with E-state index >= 15 is 0 Å². The molecule has 2 rings (SSSR count). The number of ether oxygens (including phenoxy) is 2. The molecule has 102 valence electrons. The second-order valence-electron chi connectivity index (χ2n) is 5.04. The first-order valence-electron chi connectivity index (χ1n) is 6.42. The Bertz CT molecular complexity index is 506. The summed E-state index contributed by atoms with van der Waals surface area (Å²) in [5, 5.41) is 2.84. The highest BCUT2D eigenvalue weighted by molar-refractivity contribution is 5.91. The molecular weight excluding hydrogens is 242 g/mol. The highest BCUT2D eigenvalue weighted by atomic mass is 16.7. The van der Waals surface area contributed by atoms with Gasteiger partial charge in [0, 0.05) is 12.6 Å². The minimum absolute atomic E-state index is 0.0796. The van der Waals surface area contributed by atoms with Gasteiger partial charge in [-0.1, -0.05) is 13.8 Å². The fourth-order valence-corrected chi connectivity index (χ4v) is 1.84. The van der Waals surface area contributed by atoms with Crippen LogP contribution in [0.15, 0.2) is 18.2 Å². The predicted molar refractivity (Wildman–Crippen MR) is 74.2 cm³/mol. The average Bonchev–Trinajstić information content (AvgIpc) is 2.82. The normalized spacial score (nSPS) is 13.3. The Labute approximate surface area is 113 Å². The standard InChI is InChI=1S/C15H19NO3/c1-10(2)8-16-14(17)5-4-12-6-11(3)15-13(7-12)18-9-19-15/h4-7,10H,8-9H2,1-3H3,(H,16,17)/b5-4+. The molecule has 1 amide bonds. The zero-order valence-corrected chi connectivity index (χ0v) is 11.5. The van der Waals surface area contributed by atoms with Gasteiger partial charge in [-0.2, -0.15) is 0 Å². The van der Waals surface area contributed by atoms with E-state index in [1.807, 2.05) is 19.1 Å². The van der Waals surface area contributed by atoms with Crippen molar-refractivity contribution < 1.29 is 14.3 Å². The quantitative estimate of drug-likeness (QED) is 0.847. The Morgan fingerprint density at radius 3 is 2.95 bits per heavy atom. The van der Waals surface area contributed by atoms with E-state index in [0.29, 0.717) is 12.5 Å². The molecule has 0 saturated heterocycles. The van der Waals surface area contributed by atoms with Crippen LogP contribution in [0, 0.1) is 12.8 Å². The van der Waals surface area contributed by atoms with Crippen molar-refractivity contribution in [3.05, 3.63) is 29.3 Å². The van der Waals surface area contributed by atoms with E-state index < -0.39 is 0 Å². The zero-order chi connectivity index (χ0) is 13.8. The molecule has 0 spiro atoms. The highest BCUT2D eigenvalue weighted by Crippen LogP contribution is 2.36. The van der Waals surface area contributed by atoms with E-state index in [0.717, 1.165) is 22.6 Å². The largest absolute Gasteiger partial charge is 0.454 e. The molecule has 1 aromatic carbocycles. The van der Waals surface area contributed by atoms with Gasteiger partial charge in [-0.3, -0.25) is 4.79 Å². The van der Waals surface area contributed by atoms with Crippen molar-refractivity contribution in [2.75, 3.05) is 13.3 Å². The smallest absolute Gasteiger partial charge is 0.244 e. The maximum Gasteiger partial charge on any atom is 0.244 e. The van der Waals surface area contributed by atoms with Gasteiger partial charge in [0.25, 0.3) is 0 Å². The molecule has 1 heterocycles. The van der Waals surface area contributed by atoms with Crippen LogP contribution < -0.4 is 14.8 Å². The number of nitrogens with one attached hydrogen (secondary N) is 1. The molecule has 4 heteroatoms. The van der Waals surface area contributed by atoms with Gasteiger partial charge in [0.2, 0.25) is 12.7 Å². The third-order valence-electron chi connectivity index (χ3n) is 2.79. The second-order valence-corrected chi connectivity index (χ2v) is 5.04. The summed E-state index contributed by atoms with van der Waals surface area (Å²) in [5.74, 6) is 1.90. The van der Waals surface area contributed by atoms with E-state index in [1.54, 1.807) is 12.2 Å². The van der Waals surface area contributed by atoms with E-state index in [9.17, 15) is 4.79 Å². The summed E-state index contributed by atoms with van der Waals surface area (Å²) in [7, 11) is 0. The fraction of sp³-hybridized carbons (Fsp3) is 0.400. The van der Waals surface area contributed by atoms with Crippen molar-refractivity contribution >= 4 is 12.0 Å². The highest BCUT2D eigenvalue weighted by Gasteiger charge is 2.16. The van der Waals surface area contributed by atoms with Crippen molar-refractivity contribution in [3.63, 3.8) is 0 Å². The molecule has 1 N–H and O–H groups in total. The Hall–Kier alpha value is -1.97. The molecule has 0 aliphatic carbocycles. The summed E-state index contributed by atoms with van der Waals surface area (Å²) in [6.07, 6.45) is 3.32. The number of hydrogen-bond acceptors (Lipinski definition) is 3. The molecule has 0 atom stereocenters. The first-order chi connectivity index (χ1) is 9.06.